The lowest BCUT2D eigenvalue weighted by atomic mass is 10.2. The first-order valence-corrected chi connectivity index (χ1v) is 8.14. The largest absolute Gasteiger partial charge is 0.357 e. The summed E-state index contributed by atoms with van der Waals surface area (Å²) in [5, 5.41) is 8.66. The zero-order chi connectivity index (χ0) is 14.2. The maximum absolute atomic E-state index is 4.58. The third-order valence-electron chi connectivity index (χ3n) is 2.96. The van der Waals surface area contributed by atoms with Crippen molar-refractivity contribution in [2.24, 2.45) is 4.99 Å². The highest BCUT2D eigenvalue weighted by molar-refractivity contribution is 14.0. The molecule has 118 valence electrons. The van der Waals surface area contributed by atoms with E-state index in [9.17, 15) is 0 Å². The fraction of sp³-hybridized carbons (Fsp3) is 0.571. The minimum absolute atomic E-state index is 0. The fourth-order valence-electron chi connectivity index (χ4n) is 1.94. The van der Waals surface area contributed by atoms with Gasteiger partial charge in [0.15, 0.2) is 10.9 Å². The molecule has 0 unspecified atom stereocenters. The minimum atomic E-state index is 0. The number of hydrogen-bond donors (Lipinski definition) is 2. The van der Waals surface area contributed by atoms with Gasteiger partial charge in [0.05, 0.1) is 12.2 Å². The molecule has 0 saturated heterocycles. The molecular formula is C14H24IN5S. The van der Waals surface area contributed by atoms with Crippen LogP contribution in [-0.2, 0) is 6.54 Å². The number of guanidine groups is 1. The summed E-state index contributed by atoms with van der Waals surface area (Å²) in [4.78, 5) is 10.1. The smallest absolute Gasteiger partial charge is 0.193 e. The normalized spacial score (nSPS) is 11.4. The van der Waals surface area contributed by atoms with Crippen LogP contribution < -0.4 is 10.6 Å². The highest BCUT2D eigenvalue weighted by Crippen LogP contribution is 2.11. The van der Waals surface area contributed by atoms with Crippen LogP contribution in [0.5, 0.6) is 0 Å². The van der Waals surface area contributed by atoms with Crippen molar-refractivity contribution in [1.29, 1.82) is 0 Å². The molecule has 0 atom stereocenters. The number of nitrogens with one attached hydrogen (secondary N) is 2. The molecule has 5 nitrogen and oxygen atoms in total. The van der Waals surface area contributed by atoms with Gasteiger partial charge >= 0.3 is 0 Å². The Labute approximate surface area is 147 Å². The molecule has 2 heterocycles. The zero-order valence-electron chi connectivity index (χ0n) is 12.6. The van der Waals surface area contributed by atoms with Gasteiger partial charge in [-0.25, -0.2) is 9.98 Å². The predicted molar refractivity (Wildman–Crippen MR) is 101 cm³/mol. The minimum Gasteiger partial charge on any atom is -0.357 e. The Morgan fingerprint density at radius 1 is 1.33 bits per heavy atom. The van der Waals surface area contributed by atoms with Crippen LogP contribution in [-0.4, -0.2) is 28.4 Å². The van der Waals surface area contributed by atoms with Gasteiger partial charge in [0.25, 0.3) is 0 Å². The number of nitrogens with zero attached hydrogens (tertiary/aromatic N) is 3. The summed E-state index contributed by atoms with van der Waals surface area (Å²) in [5.74, 6) is 0.875. The summed E-state index contributed by atoms with van der Waals surface area (Å²) in [6.45, 7) is 6.74. The molecule has 0 bridgehead atoms. The van der Waals surface area contributed by atoms with Gasteiger partial charge in [0, 0.05) is 30.9 Å². The van der Waals surface area contributed by atoms with Crippen molar-refractivity contribution >= 4 is 46.2 Å². The number of rotatable bonds is 7. The molecule has 0 aliphatic rings. The van der Waals surface area contributed by atoms with Crippen LogP contribution in [0.4, 0.5) is 0 Å². The summed E-state index contributed by atoms with van der Waals surface area (Å²) in [5.41, 5.74) is 1.00. The van der Waals surface area contributed by atoms with E-state index in [4.69, 9.17) is 0 Å². The van der Waals surface area contributed by atoms with Crippen LogP contribution in [0.3, 0.4) is 0 Å². The van der Waals surface area contributed by atoms with E-state index in [1.165, 1.54) is 19.3 Å². The van der Waals surface area contributed by atoms with E-state index in [2.05, 4.69) is 34.5 Å². The van der Waals surface area contributed by atoms with Crippen LogP contribution >= 0.6 is 35.3 Å². The predicted octanol–water partition coefficient (Wildman–Crippen LogP) is 3.26. The molecule has 0 aliphatic carbocycles. The average molecular weight is 421 g/mol. The van der Waals surface area contributed by atoms with E-state index in [0.717, 1.165) is 29.7 Å². The Morgan fingerprint density at radius 3 is 2.90 bits per heavy atom. The van der Waals surface area contributed by atoms with Gasteiger partial charge in [0.2, 0.25) is 0 Å². The second-order valence-electron chi connectivity index (χ2n) is 4.65. The highest BCUT2D eigenvalue weighted by atomic mass is 127. The van der Waals surface area contributed by atoms with Gasteiger partial charge in [0.1, 0.15) is 0 Å². The third kappa shape index (κ3) is 5.82. The third-order valence-corrected chi connectivity index (χ3v) is 3.73. The van der Waals surface area contributed by atoms with Crippen LogP contribution in [0.15, 0.2) is 22.8 Å². The molecule has 21 heavy (non-hydrogen) atoms. The zero-order valence-corrected chi connectivity index (χ0v) is 15.8. The molecule has 2 aromatic rings. The number of imidazole rings is 1. The number of aliphatic imine (C=N–C) groups is 1. The van der Waals surface area contributed by atoms with Crippen molar-refractivity contribution in [3.05, 3.63) is 23.5 Å². The Kier molecular flexibility index (Phi) is 8.67. The standard InChI is InChI=1S/C14H23N5S.HI/c1-3-5-6-7-16-13(15-4-2)17-10-12-11-19-8-9-20-14(19)18-12;/h8-9,11H,3-7,10H2,1-2H3,(H2,15,16,17);1H. The van der Waals surface area contributed by atoms with Gasteiger partial charge in [-0.2, -0.15) is 0 Å². The fourth-order valence-corrected chi connectivity index (χ4v) is 2.65. The van der Waals surface area contributed by atoms with E-state index in [0.29, 0.717) is 6.54 Å². The molecule has 0 aromatic carbocycles. The van der Waals surface area contributed by atoms with Gasteiger partial charge in [-0.3, -0.25) is 4.40 Å². The molecule has 0 amide bonds. The molecule has 0 spiro atoms. The number of hydrogen-bond acceptors (Lipinski definition) is 3. The highest BCUT2D eigenvalue weighted by Gasteiger charge is 2.02. The molecule has 2 N–H and O–H groups in total. The van der Waals surface area contributed by atoms with Crippen molar-refractivity contribution in [2.45, 2.75) is 39.7 Å². The summed E-state index contributed by atoms with van der Waals surface area (Å²) in [6, 6.07) is 0. The van der Waals surface area contributed by atoms with Crippen LogP contribution in [0, 0.1) is 0 Å². The first-order valence-electron chi connectivity index (χ1n) is 7.26. The number of halogens is 1. The first kappa shape index (κ1) is 18.2. The van der Waals surface area contributed by atoms with Gasteiger partial charge < -0.3 is 10.6 Å². The van der Waals surface area contributed by atoms with E-state index < -0.39 is 0 Å². The summed E-state index contributed by atoms with van der Waals surface area (Å²) >= 11 is 1.64. The van der Waals surface area contributed by atoms with Gasteiger partial charge in [-0.05, 0) is 13.3 Å². The van der Waals surface area contributed by atoms with Crippen molar-refractivity contribution < 1.29 is 0 Å². The van der Waals surface area contributed by atoms with Crippen LogP contribution in [0.1, 0.15) is 38.8 Å². The topological polar surface area (TPSA) is 53.7 Å². The number of unbranched alkanes of at least 4 members (excludes halogenated alkanes) is 2. The van der Waals surface area contributed by atoms with Crippen molar-refractivity contribution in [2.75, 3.05) is 13.1 Å². The van der Waals surface area contributed by atoms with Crippen LogP contribution in [0.2, 0.25) is 0 Å². The van der Waals surface area contributed by atoms with E-state index >= 15 is 0 Å². The molecule has 7 heteroatoms. The summed E-state index contributed by atoms with van der Waals surface area (Å²) in [6.07, 6.45) is 7.73. The molecule has 0 aliphatic heterocycles. The van der Waals surface area contributed by atoms with Crippen LogP contribution in [0.25, 0.3) is 4.96 Å². The lowest BCUT2D eigenvalue weighted by Crippen LogP contribution is -2.37. The second-order valence-corrected chi connectivity index (χ2v) is 5.53. The Morgan fingerprint density at radius 2 is 2.19 bits per heavy atom. The Balaban J connectivity index is 0.00000220. The maximum atomic E-state index is 4.58. The van der Waals surface area contributed by atoms with Gasteiger partial charge in [-0.1, -0.05) is 19.8 Å². The second kappa shape index (κ2) is 9.99. The van der Waals surface area contributed by atoms with E-state index in [-0.39, 0.29) is 24.0 Å². The first-order chi connectivity index (χ1) is 9.83. The lowest BCUT2D eigenvalue weighted by molar-refractivity contribution is 0.683. The summed E-state index contributed by atoms with van der Waals surface area (Å²) in [7, 11) is 0. The molecule has 2 aromatic heterocycles. The molecular weight excluding hydrogens is 397 g/mol. The van der Waals surface area contributed by atoms with Crippen molar-refractivity contribution in [3.63, 3.8) is 0 Å². The Bertz CT molecular complexity index is 520. The molecule has 0 saturated carbocycles. The maximum Gasteiger partial charge on any atom is 0.193 e. The molecule has 0 fully saturated rings. The average Bonchev–Trinajstić information content (AvgIpc) is 3.01. The number of aromatic nitrogens is 2. The van der Waals surface area contributed by atoms with Crippen molar-refractivity contribution in [1.82, 2.24) is 20.0 Å². The van der Waals surface area contributed by atoms with Gasteiger partial charge in [-0.15, -0.1) is 35.3 Å². The monoisotopic (exact) mass is 421 g/mol. The Hall–Kier alpha value is -0.830. The summed E-state index contributed by atoms with van der Waals surface area (Å²) < 4.78 is 2.04. The SMILES string of the molecule is CCCCCNC(=NCc1cn2ccsc2n1)NCC.I. The molecule has 0 radical (unpaired) electrons. The molecule has 2 rings (SSSR count). The number of fused-ring (bicyclic) bond motifs is 1. The quantitative estimate of drug-likeness (QED) is 0.312. The van der Waals surface area contributed by atoms with E-state index in [1.807, 2.05) is 22.2 Å². The lowest BCUT2D eigenvalue weighted by Gasteiger charge is -2.10. The number of thiazole rings is 1. The van der Waals surface area contributed by atoms with E-state index in [1.54, 1.807) is 11.3 Å². The van der Waals surface area contributed by atoms with Crippen molar-refractivity contribution in [3.8, 4) is 0 Å².